The SMILES string of the molecule is CN1C(=O)/C(=C/c2cccc(OCc3ccccc3)c2)NC1=S. The maximum absolute atomic E-state index is 12.0. The number of carbonyl (C=O) groups excluding carboxylic acids is 1. The molecule has 1 amide bonds. The third kappa shape index (κ3) is 3.57. The number of nitrogens with one attached hydrogen (secondary N) is 1. The number of benzene rings is 2. The number of hydrogen-bond acceptors (Lipinski definition) is 3. The second-order valence-electron chi connectivity index (χ2n) is 5.20. The molecule has 0 bridgehead atoms. The standard InChI is InChI=1S/C18H16N2O2S/c1-20-17(21)16(19-18(20)23)11-14-8-5-9-15(10-14)22-12-13-6-3-2-4-7-13/h2-11H,12H2,1H3,(H,19,23)/b16-11-. The average molecular weight is 324 g/mol. The Hall–Kier alpha value is -2.66. The molecule has 0 aromatic heterocycles. The lowest BCUT2D eigenvalue weighted by Crippen LogP contribution is -2.25. The van der Waals surface area contributed by atoms with Gasteiger partial charge >= 0.3 is 0 Å². The molecule has 116 valence electrons. The van der Waals surface area contributed by atoms with Crippen LogP contribution in [0.15, 0.2) is 60.3 Å². The number of thiocarbonyl (C=S) groups is 1. The van der Waals surface area contributed by atoms with Gasteiger partial charge in [-0.15, -0.1) is 0 Å². The molecule has 1 aliphatic rings. The molecule has 2 aromatic rings. The topological polar surface area (TPSA) is 41.6 Å². The predicted octanol–water partition coefficient (Wildman–Crippen LogP) is 2.95. The Morgan fingerprint density at radius 1 is 1.17 bits per heavy atom. The molecular formula is C18H16N2O2S. The Bertz CT molecular complexity index is 772. The number of amides is 1. The molecule has 3 rings (SSSR count). The lowest BCUT2D eigenvalue weighted by Gasteiger charge is -2.07. The van der Waals surface area contributed by atoms with Crippen molar-refractivity contribution in [3.8, 4) is 5.75 Å². The van der Waals surface area contributed by atoms with Crippen molar-refractivity contribution in [1.82, 2.24) is 10.2 Å². The molecule has 0 radical (unpaired) electrons. The van der Waals surface area contributed by atoms with Crippen molar-refractivity contribution in [3.05, 3.63) is 71.4 Å². The predicted molar refractivity (Wildman–Crippen MR) is 93.7 cm³/mol. The van der Waals surface area contributed by atoms with Crippen LogP contribution in [0.25, 0.3) is 6.08 Å². The van der Waals surface area contributed by atoms with E-state index in [1.54, 1.807) is 13.1 Å². The highest BCUT2D eigenvalue weighted by molar-refractivity contribution is 7.80. The van der Waals surface area contributed by atoms with Crippen LogP contribution < -0.4 is 10.1 Å². The van der Waals surface area contributed by atoms with Crippen LogP contribution in [0, 0.1) is 0 Å². The lowest BCUT2D eigenvalue weighted by atomic mass is 10.2. The summed E-state index contributed by atoms with van der Waals surface area (Å²) in [6, 6.07) is 17.6. The normalized spacial score (nSPS) is 15.9. The van der Waals surface area contributed by atoms with Gasteiger partial charge in [-0.05, 0) is 41.6 Å². The van der Waals surface area contributed by atoms with Crippen molar-refractivity contribution in [1.29, 1.82) is 0 Å². The van der Waals surface area contributed by atoms with Crippen molar-refractivity contribution >= 4 is 29.3 Å². The van der Waals surface area contributed by atoms with E-state index in [9.17, 15) is 4.79 Å². The highest BCUT2D eigenvalue weighted by Crippen LogP contribution is 2.18. The smallest absolute Gasteiger partial charge is 0.276 e. The molecule has 1 saturated heterocycles. The minimum atomic E-state index is -0.134. The molecule has 1 heterocycles. The number of hydrogen-bond donors (Lipinski definition) is 1. The number of rotatable bonds is 4. The van der Waals surface area contributed by atoms with Crippen molar-refractivity contribution < 1.29 is 9.53 Å². The molecule has 0 atom stereocenters. The molecule has 4 nitrogen and oxygen atoms in total. The van der Waals surface area contributed by atoms with E-state index in [0.29, 0.717) is 17.4 Å². The van der Waals surface area contributed by atoms with Crippen molar-refractivity contribution in [2.45, 2.75) is 6.61 Å². The van der Waals surface area contributed by atoms with Crippen molar-refractivity contribution in [2.75, 3.05) is 7.05 Å². The summed E-state index contributed by atoms with van der Waals surface area (Å²) in [6.07, 6.45) is 1.77. The first-order chi connectivity index (χ1) is 11.1. The summed E-state index contributed by atoms with van der Waals surface area (Å²) in [5.74, 6) is 0.621. The van der Waals surface area contributed by atoms with Gasteiger partial charge in [0.05, 0.1) is 0 Å². The van der Waals surface area contributed by atoms with Crippen LogP contribution in [-0.2, 0) is 11.4 Å². The maximum atomic E-state index is 12.0. The molecule has 1 N–H and O–H groups in total. The van der Waals surface area contributed by atoms with E-state index in [-0.39, 0.29) is 5.91 Å². The Morgan fingerprint density at radius 3 is 2.65 bits per heavy atom. The summed E-state index contributed by atoms with van der Waals surface area (Å²) in [4.78, 5) is 13.4. The zero-order valence-electron chi connectivity index (χ0n) is 12.7. The van der Waals surface area contributed by atoms with E-state index in [0.717, 1.165) is 16.9 Å². The zero-order valence-corrected chi connectivity index (χ0v) is 13.5. The van der Waals surface area contributed by atoms with Gasteiger partial charge in [-0.2, -0.15) is 0 Å². The number of carbonyl (C=O) groups is 1. The first-order valence-electron chi connectivity index (χ1n) is 7.21. The number of nitrogens with zero attached hydrogens (tertiary/aromatic N) is 1. The fraction of sp³-hybridized carbons (Fsp3) is 0.111. The molecule has 1 aliphatic heterocycles. The van der Waals surface area contributed by atoms with Crippen LogP contribution in [0.4, 0.5) is 0 Å². The maximum Gasteiger partial charge on any atom is 0.276 e. The van der Waals surface area contributed by atoms with Crippen LogP contribution in [0.2, 0.25) is 0 Å². The van der Waals surface area contributed by atoms with Gasteiger partial charge in [0.15, 0.2) is 5.11 Å². The minimum Gasteiger partial charge on any atom is -0.489 e. The molecule has 23 heavy (non-hydrogen) atoms. The molecule has 0 unspecified atom stereocenters. The van der Waals surface area contributed by atoms with Crippen LogP contribution in [-0.4, -0.2) is 23.0 Å². The summed E-state index contributed by atoms with van der Waals surface area (Å²) in [5.41, 5.74) is 2.46. The lowest BCUT2D eigenvalue weighted by molar-refractivity contribution is -0.121. The second-order valence-corrected chi connectivity index (χ2v) is 5.59. The van der Waals surface area contributed by atoms with Crippen molar-refractivity contribution in [3.63, 3.8) is 0 Å². The summed E-state index contributed by atoms with van der Waals surface area (Å²) in [7, 11) is 1.65. The number of ether oxygens (including phenoxy) is 1. The number of likely N-dealkylation sites (N-methyl/N-ethyl adjacent to an activating group) is 1. The fourth-order valence-electron chi connectivity index (χ4n) is 2.22. The van der Waals surface area contributed by atoms with Crippen molar-refractivity contribution in [2.24, 2.45) is 0 Å². The second kappa shape index (κ2) is 6.62. The van der Waals surface area contributed by atoms with Gasteiger partial charge in [0.25, 0.3) is 5.91 Å². The largest absolute Gasteiger partial charge is 0.489 e. The monoisotopic (exact) mass is 324 g/mol. The Labute approximate surface area is 140 Å². The Morgan fingerprint density at radius 2 is 1.96 bits per heavy atom. The van der Waals surface area contributed by atoms with E-state index >= 15 is 0 Å². The third-order valence-electron chi connectivity index (χ3n) is 3.50. The molecule has 1 fully saturated rings. The quantitative estimate of drug-likeness (QED) is 0.693. The molecular weight excluding hydrogens is 308 g/mol. The van der Waals surface area contributed by atoms with Gasteiger partial charge in [-0.1, -0.05) is 42.5 Å². The van der Waals surface area contributed by atoms with E-state index < -0.39 is 0 Å². The highest BCUT2D eigenvalue weighted by atomic mass is 32.1. The van der Waals surface area contributed by atoms with Gasteiger partial charge < -0.3 is 10.1 Å². The Kier molecular flexibility index (Phi) is 4.39. The van der Waals surface area contributed by atoms with Crippen LogP contribution >= 0.6 is 12.2 Å². The van der Waals surface area contributed by atoms with Crippen LogP contribution in [0.5, 0.6) is 5.75 Å². The molecule has 0 spiro atoms. The summed E-state index contributed by atoms with van der Waals surface area (Å²) < 4.78 is 5.80. The summed E-state index contributed by atoms with van der Waals surface area (Å²) >= 11 is 5.06. The van der Waals surface area contributed by atoms with Gasteiger partial charge in [0.1, 0.15) is 18.1 Å². The Balaban J connectivity index is 1.73. The van der Waals surface area contributed by atoms with E-state index in [1.807, 2.05) is 54.6 Å². The van der Waals surface area contributed by atoms with E-state index in [4.69, 9.17) is 17.0 Å². The third-order valence-corrected chi connectivity index (χ3v) is 3.87. The van der Waals surface area contributed by atoms with E-state index in [2.05, 4.69) is 5.32 Å². The van der Waals surface area contributed by atoms with Gasteiger partial charge in [0, 0.05) is 7.05 Å². The average Bonchev–Trinajstić information content (AvgIpc) is 2.81. The first-order valence-corrected chi connectivity index (χ1v) is 7.62. The minimum absolute atomic E-state index is 0.134. The summed E-state index contributed by atoms with van der Waals surface area (Å²) in [6.45, 7) is 0.505. The van der Waals surface area contributed by atoms with Gasteiger partial charge in [-0.25, -0.2) is 0 Å². The summed E-state index contributed by atoms with van der Waals surface area (Å²) in [5, 5.41) is 3.32. The molecule has 0 saturated carbocycles. The molecule has 5 heteroatoms. The van der Waals surface area contributed by atoms with Gasteiger partial charge in [0.2, 0.25) is 0 Å². The van der Waals surface area contributed by atoms with Gasteiger partial charge in [-0.3, -0.25) is 9.69 Å². The van der Waals surface area contributed by atoms with E-state index in [1.165, 1.54) is 4.90 Å². The zero-order chi connectivity index (χ0) is 16.2. The molecule has 2 aromatic carbocycles. The van der Waals surface area contributed by atoms with Crippen LogP contribution in [0.3, 0.4) is 0 Å². The highest BCUT2D eigenvalue weighted by Gasteiger charge is 2.26. The molecule has 0 aliphatic carbocycles. The first kappa shape index (κ1) is 15.2. The van der Waals surface area contributed by atoms with Crippen LogP contribution in [0.1, 0.15) is 11.1 Å². The fourth-order valence-corrected chi connectivity index (χ4v) is 2.42.